The van der Waals surface area contributed by atoms with Gasteiger partial charge in [-0.2, -0.15) is 8.42 Å². The van der Waals surface area contributed by atoms with Gasteiger partial charge in [0.25, 0.3) is 20.0 Å². The molecule has 3 N–H and O–H groups in total. The van der Waals surface area contributed by atoms with Crippen LogP contribution in [-0.4, -0.2) is 28.3 Å². The molecule has 0 aliphatic rings. The van der Waals surface area contributed by atoms with Gasteiger partial charge in [0.05, 0.1) is 4.90 Å². The molecule has 0 fully saturated rings. The first kappa shape index (κ1) is 17.8. The van der Waals surface area contributed by atoms with Gasteiger partial charge in [-0.25, -0.2) is 8.42 Å². The number of anilines is 1. The van der Waals surface area contributed by atoms with Crippen molar-refractivity contribution in [2.45, 2.75) is 9.10 Å². The van der Waals surface area contributed by atoms with Gasteiger partial charge in [-0.1, -0.05) is 17.8 Å². The number of benzene rings is 1. The van der Waals surface area contributed by atoms with Crippen LogP contribution in [0.3, 0.4) is 0 Å². The number of amidine groups is 1. The Kier molecular flexibility index (Phi) is 5.34. The maximum Gasteiger partial charge on any atom is 0.284 e. The van der Waals surface area contributed by atoms with Crippen LogP contribution >= 0.6 is 23.1 Å². The fourth-order valence-corrected chi connectivity index (χ4v) is 5.52. The summed E-state index contributed by atoms with van der Waals surface area (Å²) in [7, 11) is -7.90. The van der Waals surface area contributed by atoms with Crippen molar-refractivity contribution >= 4 is 54.0 Å². The Morgan fingerprint density at radius 2 is 1.83 bits per heavy atom. The summed E-state index contributed by atoms with van der Waals surface area (Å²) in [6.07, 6.45) is 1.52. The predicted octanol–water partition coefficient (Wildman–Crippen LogP) is 1.72. The lowest BCUT2D eigenvalue weighted by molar-refractivity contribution is 0.595. The van der Waals surface area contributed by atoms with E-state index in [0.29, 0.717) is 5.69 Å². The maximum atomic E-state index is 12.2. The van der Waals surface area contributed by atoms with Crippen LogP contribution in [0.4, 0.5) is 5.69 Å². The van der Waals surface area contributed by atoms with Gasteiger partial charge in [-0.15, -0.1) is 15.7 Å². The average molecular weight is 392 g/mol. The van der Waals surface area contributed by atoms with Crippen molar-refractivity contribution in [3.05, 3.63) is 41.8 Å². The fraction of sp³-hybridized carbons (Fsp3) is 0.0833. The zero-order valence-corrected chi connectivity index (χ0v) is 15.1. The largest absolute Gasteiger partial charge is 0.399 e. The number of nitrogen functional groups attached to an aromatic ring is 1. The highest BCUT2D eigenvalue weighted by Crippen LogP contribution is 2.18. The van der Waals surface area contributed by atoms with Gasteiger partial charge < -0.3 is 5.73 Å². The lowest BCUT2D eigenvalue weighted by Crippen LogP contribution is -2.28. The van der Waals surface area contributed by atoms with Crippen molar-refractivity contribution in [2.75, 3.05) is 12.0 Å². The van der Waals surface area contributed by atoms with Crippen LogP contribution in [0.5, 0.6) is 0 Å². The number of hydrogen-bond acceptors (Lipinski definition) is 7. The molecule has 0 atom stereocenters. The van der Waals surface area contributed by atoms with E-state index in [1.807, 2.05) is 0 Å². The van der Waals surface area contributed by atoms with E-state index in [1.54, 1.807) is 11.4 Å². The molecule has 124 valence electrons. The Hall–Kier alpha value is -1.56. The maximum absolute atomic E-state index is 12.2. The van der Waals surface area contributed by atoms with Crippen LogP contribution in [0.15, 0.2) is 55.3 Å². The van der Waals surface area contributed by atoms with Crippen LogP contribution in [0.1, 0.15) is 0 Å². The van der Waals surface area contributed by atoms with Crippen LogP contribution in [-0.2, 0) is 20.0 Å². The number of rotatable bonds is 4. The van der Waals surface area contributed by atoms with Crippen molar-refractivity contribution in [3.63, 3.8) is 0 Å². The summed E-state index contributed by atoms with van der Waals surface area (Å²) in [6.45, 7) is 0. The molecule has 1 aromatic carbocycles. The number of nitrogens with one attached hydrogen (secondary N) is 1. The molecule has 0 bridgehead atoms. The lowest BCUT2D eigenvalue weighted by Gasteiger charge is -2.07. The third-order valence-electron chi connectivity index (χ3n) is 2.56. The van der Waals surface area contributed by atoms with Crippen LogP contribution in [0.2, 0.25) is 0 Å². The standard InChI is InChI=1S/C12H13N3O4S4/c1-20-12(15-23(18,19)11-3-2-8-21-11)14-22(16,17)10-6-4-9(13)5-7-10/h2-8H,13H2,1H3,(H,14,15). The van der Waals surface area contributed by atoms with Gasteiger partial charge in [0.15, 0.2) is 5.17 Å². The summed E-state index contributed by atoms with van der Waals surface area (Å²) in [5.41, 5.74) is 5.92. The van der Waals surface area contributed by atoms with Gasteiger partial charge in [-0.3, -0.25) is 4.72 Å². The Balaban J connectivity index is 2.33. The first-order valence-corrected chi connectivity index (χ1v) is 11.1. The molecule has 0 unspecified atom stereocenters. The van der Waals surface area contributed by atoms with Crippen molar-refractivity contribution in [1.29, 1.82) is 0 Å². The van der Waals surface area contributed by atoms with E-state index in [4.69, 9.17) is 5.73 Å². The van der Waals surface area contributed by atoms with E-state index in [-0.39, 0.29) is 14.3 Å². The number of nitrogens with two attached hydrogens (primary N) is 1. The molecular formula is C12H13N3O4S4. The summed E-state index contributed by atoms with van der Waals surface area (Å²) in [4.78, 5) is -0.0754. The van der Waals surface area contributed by atoms with Crippen molar-refractivity contribution < 1.29 is 16.8 Å². The molecule has 2 rings (SSSR count). The van der Waals surface area contributed by atoms with Crippen molar-refractivity contribution in [3.8, 4) is 0 Å². The molecule has 0 amide bonds. The van der Waals surface area contributed by atoms with Gasteiger partial charge in [0.2, 0.25) is 0 Å². The zero-order chi connectivity index (χ0) is 17.1. The van der Waals surface area contributed by atoms with Gasteiger partial charge in [0, 0.05) is 5.69 Å². The van der Waals surface area contributed by atoms with Gasteiger partial charge >= 0.3 is 0 Å². The predicted molar refractivity (Wildman–Crippen MR) is 93.6 cm³/mol. The topological polar surface area (TPSA) is 119 Å². The van der Waals surface area contributed by atoms with E-state index in [2.05, 4.69) is 9.12 Å². The first-order chi connectivity index (χ1) is 10.7. The highest BCUT2D eigenvalue weighted by Gasteiger charge is 2.20. The molecule has 7 nitrogen and oxygen atoms in total. The van der Waals surface area contributed by atoms with Crippen LogP contribution < -0.4 is 10.5 Å². The van der Waals surface area contributed by atoms with E-state index in [9.17, 15) is 16.8 Å². The SMILES string of the molecule is CS/C(=N\S(=O)(=O)c1ccc(N)cc1)NS(=O)(=O)c1cccs1. The second-order valence-electron chi connectivity index (χ2n) is 4.18. The van der Waals surface area contributed by atoms with Crippen LogP contribution in [0.25, 0.3) is 0 Å². The van der Waals surface area contributed by atoms with Crippen molar-refractivity contribution in [2.24, 2.45) is 4.40 Å². The van der Waals surface area contributed by atoms with Crippen molar-refractivity contribution in [1.82, 2.24) is 4.72 Å². The molecule has 1 heterocycles. The normalized spacial score (nSPS) is 13.0. The minimum absolute atomic E-state index is 0.0733. The first-order valence-electron chi connectivity index (χ1n) is 6.05. The summed E-state index contributed by atoms with van der Waals surface area (Å²) >= 11 is 1.90. The third kappa shape index (κ3) is 4.47. The monoisotopic (exact) mass is 391 g/mol. The lowest BCUT2D eigenvalue weighted by atomic mass is 10.3. The number of hydrogen-bond donors (Lipinski definition) is 2. The molecule has 0 spiro atoms. The molecule has 0 radical (unpaired) electrons. The summed E-state index contributed by atoms with van der Waals surface area (Å²) in [5.74, 6) is 0. The molecule has 11 heteroatoms. The molecule has 0 saturated carbocycles. The Bertz CT molecular complexity index is 902. The number of sulfonamides is 2. The molecule has 0 saturated heterocycles. The minimum Gasteiger partial charge on any atom is -0.399 e. The smallest absolute Gasteiger partial charge is 0.284 e. The zero-order valence-electron chi connectivity index (χ0n) is 11.8. The average Bonchev–Trinajstić information content (AvgIpc) is 3.01. The molecule has 23 heavy (non-hydrogen) atoms. The molecule has 0 aliphatic heterocycles. The highest BCUT2D eigenvalue weighted by molar-refractivity contribution is 8.15. The van der Waals surface area contributed by atoms with E-state index >= 15 is 0 Å². The Morgan fingerprint density at radius 1 is 1.17 bits per heavy atom. The molecular weight excluding hydrogens is 378 g/mol. The second-order valence-corrected chi connectivity index (χ2v) is 9.44. The number of nitrogens with zero attached hydrogens (tertiary/aromatic N) is 1. The summed E-state index contributed by atoms with van der Waals surface area (Å²) < 4.78 is 54.5. The van der Waals surface area contributed by atoms with E-state index in [1.165, 1.54) is 36.6 Å². The Morgan fingerprint density at radius 3 is 2.35 bits per heavy atom. The summed E-state index contributed by atoms with van der Waals surface area (Å²) in [5, 5.41) is 1.37. The highest BCUT2D eigenvalue weighted by atomic mass is 32.2. The van der Waals surface area contributed by atoms with Gasteiger partial charge in [-0.05, 0) is 42.0 Å². The third-order valence-corrected chi connectivity index (χ3v) is 7.41. The molecule has 1 aromatic heterocycles. The van der Waals surface area contributed by atoms with Crippen LogP contribution in [0, 0.1) is 0 Å². The van der Waals surface area contributed by atoms with Gasteiger partial charge in [0.1, 0.15) is 4.21 Å². The number of thioether (sulfide) groups is 1. The molecule has 0 aliphatic carbocycles. The summed E-state index contributed by atoms with van der Waals surface area (Å²) in [6, 6.07) is 8.47. The fourth-order valence-electron chi connectivity index (χ4n) is 1.48. The van der Waals surface area contributed by atoms with E-state index in [0.717, 1.165) is 23.1 Å². The minimum atomic E-state index is -4.04. The quantitative estimate of drug-likeness (QED) is 0.465. The number of thiophene rings is 1. The van der Waals surface area contributed by atoms with E-state index < -0.39 is 20.0 Å². The second kappa shape index (κ2) is 6.91. The molecule has 2 aromatic rings. The Labute approximate surface area is 142 Å².